The molecule has 0 aliphatic carbocycles. The molecule has 1 rings (SSSR count). The van der Waals surface area contributed by atoms with Crippen molar-refractivity contribution in [3.63, 3.8) is 0 Å². The van der Waals surface area contributed by atoms with Crippen molar-refractivity contribution in [2.75, 3.05) is 26.2 Å². The van der Waals surface area contributed by atoms with E-state index in [9.17, 15) is 4.39 Å². The number of hydrogen-bond acceptors (Lipinski definition) is 2. The molecule has 1 heterocycles. The summed E-state index contributed by atoms with van der Waals surface area (Å²) in [5, 5.41) is 0. The molecule has 1 atom stereocenters. The first-order valence-electron chi connectivity index (χ1n) is 4.39. The molecule has 3 heteroatoms. The Morgan fingerprint density at radius 3 is 3.00 bits per heavy atom. The lowest BCUT2D eigenvalue weighted by Gasteiger charge is -2.28. The summed E-state index contributed by atoms with van der Waals surface area (Å²) >= 11 is 0. The third-order valence-electron chi connectivity index (χ3n) is 2.13. The van der Waals surface area contributed by atoms with E-state index in [0.717, 1.165) is 32.4 Å². The fraction of sp³-hybridized carbons (Fsp3) is 1.00. The lowest BCUT2D eigenvalue weighted by Crippen LogP contribution is -2.37. The second-order valence-electron chi connectivity index (χ2n) is 3.18. The van der Waals surface area contributed by atoms with Crippen molar-refractivity contribution in [1.29, 1.82) is 0 Å². The third kappa shape index (κ3) is 3.16. The Labute approximate surface area is 67.6 Å². The van der Waals surface area contributed by atoms with Gasteiger partial charge in [0.1, 0.15) is 6.17 Å². The minimum absolute atomic E-state index is 0.596. The van der Waals surface area contributed by atoms with Gasteiger partial charge in [0.05, 0.1) is 0 Å². The van der Waals surface area contributed by atoms with Gasteiger partial charge in [-0.2, -0.15) is 0 Å². The number of rotatable bonds is 3. The van der Waals surface area contributed by atoms with E-state index >= 15 is 0 Å². The molecule has 2 nitrogen and oxygen atoms in total. The van der Waals surface area contributed by atoms with E-state index in [1.54, 1.807) is 0 Å². The van der Waals surface area contributed by atoms with Crippen LogP contribution < -0.4 is 5.73 Å². The summed E-state index contributed by atoms with van der Waals surface area (Å²) in [5.41, 5.74) is 5.36. The molecular weight excluding hydrogens is 143 g/mol. The minimum atomic E-state index is -0.596. The van der Waals surface area contributed by atoms with Gasteiger partial charge in [-0.15, -0.1) is 0 Å². The smallest absolute Gasteiger partial charge is 0.113 e. The standard InChI is InChI=1S/C8H17FN2/c9-8-3-1-5-11(7-8)6-2-4-10/h8H,1-7,10H2. The van der Waals surface area contributed by atoms with Crippen molar-refractivity contribution in [3.05, 3.63) is 0 Å². The summed E-state index contributed by atoms with van der Waals surface area (Å²) in [4.78, 5) is 2.17. The molecule has 66 valence electrons. The zero-order chi connectivity index (χ0) is 8.10. The number of likely N-dealkylation sites (tertiary alicyclic amines) is 1. The van der Waals surface area contributed by atoms with Crippen LogP contribution in [0.5, 0.6) is 0 Å². The van der Waals surface area contributed by atoms with Crippen molar-refractivity contribution in [2.45, 2.75) is 25.4 Å². The van der Waals surface area contributed by atoms with Gasteiger partial charge in [0.2, 0.25) is 0 Å². The minimum Gasteiger partial charge on any atom is -0.330 e. The maximum absolute atomic E-state index is 12.8. The van der Waals surface area contributed by atoms with E-state index in [-0.39, 0.29) is 0 Å². The average molecular weight is 160 g/mol. The lowest BCUT2D eigenvalue weighted by atomic mass is 10.1. The van der Waals surface area contributed by atoms with Crippen LogP contribution in [-0.2, 0) is 0 Å². The van der Waals surface area contributed by atoms with Crippen molar-refractivity contribution >= 4 is 0 Å². The number of halogens is 1. The van der Waals surface area contributed by atoms with Gasteiger partial charge in [0.25, 0.3) is 0 Å². The fourth-order valence-corrected chi connectivity index (χ4v) is 1.52. The van der Waals surface area contributed by atoms with Crippen LogP contribution >= 0.6 is 0 Å². The number of piperidine rings is 1. The van der Waals surface area contributed by atoms with Crippen LogP contribution in [0, 0.1) is 0 Å². The number of hydrogen-bond donors (Lipinski definition) is 1. The number of alkyl halides is 1. The van der Waals surface area contributed by atoms with Gasteiger partial charge in [0, 0.05) is 6.54 Å². The predicted octanol–water partition coefficient (Wildman–Crippen LogP) is 0.769. The van der Waals surface area contributed by atoms with E-state index in [0.29, 0.717) is 13.1 Å². The van der Waals surface area contributed by atoms with Gasteiger partial charge in [-0.1, -0.05) is 0 Å². The first kappa shape index (κ1) is 8.94. The Kier molecular flexibility index (Phi) is 3.80. The normalized spacial score (nSPS) is 27.3. The first-order valence-corrected chi connectivity index (χ1v) is 4.39. The second-order valence-corrected chi connectivity index (χ2v) is 3.18. The molecule has 1 aliphatic rings. The summed E-state index contributed by atoms with van der Waals surface area (Å²) < 4.78 is 12.8. The highest BCUT2D eigenvalue weighted by Gasteiger charge is 2.17. The monoisotopic (exact) mass is 160 g/mol. The van der Waals surface area contributed by atoms with Crippen LogP contribution in [0.15, 0.2) is 0 Å². The molecule has 1 fully saturated rings. The molecular formula is C8H17FN2. The summed E-state index contributed by atoms with van der Waals surface area (Å²) in [7, 11) is 0. The molecule has 0 spiro atoms. The van der Waals surface area contributed by atoms with E-state index in [1.165, 1.54) is 0 Å². The van der Waals surface area contributed by atoms with E-state index in [1.807, 2.05) is 0 Å². The largest absolute Gasteiger partial charge is 0.330 e. The maximum atomic E-state index is 12.8. The zero-order valence-electron chi connectivity index (χ0n) is 6.93. The molecule has 0 amide bonds. The molecule has 0 aromatic heterocycles. The SMILES string of the molecule is NCCCN1CCCC(F)C1. The molecule has 1 unspecified atom stereocenters. The van der Waals surface area contributed by atoms with Gasteiger partial charge in [-0.25, -0.2) is 4.39 Å². The van der Waals surface area contributed by atoms with Crippen molar-refractivity contribution in [2.24, 2.45) is 5.73 Å². The summed E-state index contributed by atoms with van der Waals surface area (Å²) in [6.45, 7) is 3.37. The van der Waals surface area contributed by atoms with Crippen LogP contribution in [0.4, 0.5) is 4.39 Å². The molecule has 1 aliphatic heterocycles. The highest BCUT2D eigenvalue weighted by Crippen LogP contribution is 2.12. The molecule has 0 radical (unpaired) electrons. The topological polar surface area (TPSA) is 29.3 Å². The Balaban J connectivity index is 2.12. The molecule has 0 saturated carbocycles. The van der Waals surface area contributed by atoms with E-state index < -0.39 is 6.17 Å². The summed E-state index contributed by atoms with van der Waals surface area (Å²) in [6, 6.07) is 0. The van der Waals surface area contributed by atoms with Crippen LogP contribution in [0.25, 0.3) is 0 Å². The van der Waals surface area contributed by atoms with Crippen LogP contribution in [0.2, 0.25) is 0 Å². The van der Waals surface area contributed by atoms with Gasteiger partial charge in [-0.3, -0.25) is 0 Å². The molecule has 2 N–H and O–H groups in total. The maximum Gasteiger partial charge on any atom is 0.113 e. The van der Waals surface area contributed by atoms with Crippen LogP contribution in [0.1, 0.15) is 19.3 Å². The van der Waals surface area contributed by atoms with Gasteiger partial charge >= 0.3 is 0 Å². The Hall–Kier alpha value is -0.150. The number of nitrogens with zero attached hydrogens (tertiary/aromatic N) is 1. The number of nitrogens with two attached hydrogens (primary N) is 1. The highest BCUT2D eigenvalue weighted by atomic mass is 19.1. The molecule has 1 saturated heterocycles. The van der Waals surface area contributed by atoms with Crippen molar-refractivity contribution in [1.82, 2.24) is 4.90 Å². The van der Waals surface area contributed by atoms with Gasteiger partial charge in [-0.05, 0) is 38.9 Å². The molecule has 11 heavy (non-hydrogen) atoms. The molecule has 0 aromatic carbocycles. The van der Waals surface area contributed by atoms with Gasteiger partial charge < -0.3 is 10.6 Å². The Morgan fingerprint density at radius 1 is 1.55 bits per heavy atom. The predicted molar refractivity (Wildman–Crippen MR) is 44.2 cm³/mol. The zero-order valence-corrected chi connectivity index (χ0v) is 6.93. The van der Waals surface area contributed by atoms with E-state index in [2.05, 4.69) is 4.90 Å². The fourth-order valence-electron chi connectivity index (χ4n) is 1.52. The van der Waals surface area contributed by atoms with E-state index in [4.69, 9.17) is 5.73 Å². The summed E-state index contributed by atoms with van der Waals surface area (Å²) in [6.07, 6.45) is 2.15. The third-order valence-corrected chi connectivity index (χ3v) is 2.13. The second kappa shape index (κ2) is 4.67. The highest BCUT2D eigenvalue weighted by molar-refractivity contribution is 4.71. The first-order chi connectivity index (χ1) is 5.33. The Bertz CT molecular complexity index is 108. The van der Waals surface area contributed by atoms with Crippen LogP contribution in [-0.4, -0.2) is 37.3 Å². The van der Waals surface area contributed by atoms with Gasteiger partial charge in [0.15, 0.2) is 0 Å². The van der Waals surface area contributed by atoms with Crippen molar-refractivity contribution in [3.8, 4) is 0 Å². The lowest BCUT2D eigenvalue weighted by molar-refractivity contribution is 0.138. The van der Waals surface area contributed by atoms with Crippen LogP contribution in [0.3, 0.4) is 0 Å². The Morgan fingerprint density at radius 2 is 2.36 bits per heavy atom. The molecule has 0 bridgehead atoms. The quantitative estimate of drug-likeness (QED) is 0.660. The van der Waals surface area contributed by atoms with Crippen molar-refractivity contribution < 1.29 is 4.39 Å². The molecule has 0 aromatic rings. The summed E-state index contributed by atoms with van der Waals surface area (Å²) in [5.74, 6) is 0. The average Bonchev–Trinajstić information content (AvgIpc) is 2.01.